The van der Waals surface area contributed by atoms with Gasteiger partial charge in [-0.05, 0) is 37.5 Å². The van der Waals surface area contributed by atoms with Crippen LogP contribution in [0.15, 0.2) is 0 Å². The maximum Gasteiger partial charge on any atom is 0.226 e. The highest BCUT2D eigenvalue weighted by atomic mass is 16.2. The Morgan fingerprint density at radius 3 is 2.44 bits per heavy atom. The van der Waals surface area contributed by atoms with Gasteiger partial charge in [-0.15, -0.1) is 0 Å². The lowest BCUT2D eigenvalue weighted by Crippen LogP contribution is -2.52. The van der Waals surface area contributed by atoms with Crippen molar-refractivity contribution in [3.63, 3.8) is 0 Å². The SMILES string of the molecule is CCCN(CC)C(=O)C1CCC(N)C(C)C1(C)C. The van der Waals surface area contributed by atoms with E-state index in [1.54, 1.807) is 0 Å². The summed E-state index contributed by atoms with van der Waals surface area (Å²) < 4.78 is 0. The molecule has 0 aliphatic heterocycles. The first-order valence-corrected chi connectivity index (χ1v) is 7.40. The Hall–Kier alpha value is -0.570. The van der Waals surface area contributed by atoms with E-state index in [4.69, 9.17) is 5.73 Å². The van der Waals surface area contributed by atoms with Crippen molar-refractivity contribution in [2.75, 3.05) is 13.1 Å². The number of carbonyl (C=O) groups excluding carboxylic acids is 1. The van der Waals surface area contributed by atoms with Gasteiger partial charge in [0.05, 0.1) is 0 Å². The number of hydrogen-bond donors (Lipinski definition) is 1. The monoisotopic (exact) mass is 254 g/mol. The average molecular weight is 254 g/mol. The van der Waals surface area contributed by atoms with Crippen LogP contribution in [-0.2, 0) is 4.79 Å². The topological polar surface area (TPSA) is 46.3 Å². The molecule has 0 aromatic heterocycles. The number of nitrogens with two attached hydrogens (primary N) is 1. The minimum Gasteiger partial charge on any atom is -0.343 e. The van der Waals surface area contributed by atoms with Gasteiger partial charge in [-0.2, -0.15) is 0 Å². The number of carbonyl (C=O) groups is 1. The molecule has 2 N–H and O–H groups in total. The Morgan fingerprint density at radius 2 is 1.94 bits per heavy atom. The van der Waals surface area contributed by atoms with Crippen LogP contribution >= 0.6 is 0 Å². The van der Waals surface area contributed by atoms with E-state index in [-0.39, 0.29) is 17.4 Å². The zero-order valence-electron chi connectivity index (χ0n) is 12.7. The van der Waals surface area contributed by atoms with Gasteiger partial charge in [0.1, 0.15) is 0 Å². The Bertz CT molecular complexity index is 288. The first-order valence-electron chi connectivity index (χ1n) is 7.40. The number of hydrogen-bond acceptors (Lipinski definition) is 2. The molecular formula is C15H30N2O. The molecule has 1 aliphatic carbocycles. The first-order chi connectivity index (χ1) is 8.36. The van der Waals surface area contributed by atoms with Crippen LogP contribution in [0.1, 0.15) is 53.9 Å². The fourth-order valence-corrected chi connectivity index (χ4v) is 3.21. The fourth-order valence-electron chi connectivity index (χ4n) is 3.21. The predicted octanol–water partition coefficient (Wildman–Crippen LogP) is 2.64. The smallest absolute Gasteiger partial charge is 0.226 e. The zero-order valence-corrected chi connectivity index (χ0v) is 12.7. The molecule has 0 bridgehead atoms. The molecule has 0 heterocycles. The van der Waals surface area contributed by atoms with Gasteiger partial charge >= 0.3 is 0 Å². The summed E-state index contributed by atoms with van der Waals surface area (Å²) in [6.45, 7) is 12.5. The van der Waals surface area contributed by atoms with Crippen LogP contribution in [0.25, 0.3) is 0 Å². The van der Waals surface area contributed by atoms with E-state index in [1.165, 1.54) is 0 Å². The molecule has 3 heteroatoms. The maximum absolute atomic E-state index is 12.7. The third kappa shape index (κ3) is 2.87. The van der Waals surface area contributed by atoms with Crippen LogP contribution in [0.3, 0.4) is 0 Å². The maximum atomic E-state index is 12.7. The molecule has 0 spiro atoms. The summed E-state index contributed by atoms with van der Waals surface area (Å²) in [5.41, 5.74) is 6.17. The molecule has 1 rings (SSSR count). The Balaban J connectivity index is 2.84. The molecule has 0 saturated heterocycles. The number of rotatable bonds is 4. The van der Waals surface area contributed by atoms with Crippen LogP contribution in [0.4, 0.5) is 0 Å². The first kappa shape index (κ1) is 15.5. The molecule has 3 nitrogen and oxygen atoms in total. The summed E-state index contributed by atoms with van der Waals surface area (Å²) in [6.07, 6.45) is 2.95. The molecule has 1 aliphatic rings. The lowest BCUT2D eigenvalue weighted by atomic mass is 9.60. The van der Waals surface area contributed by atoms with Crippen LogP contribution in [-0.4, -0.2) is 29.9 Å². The minimum atomic E-state index is 0.00983. The van der Waals surface area contributed by atoms with Crippen molar-refractivity contribution >= 4 is 5.91 Å². The summed E-state index contributed by atoms with van der Waals surface area (Å²) in [7, 11) is 0. The molecule has 106 valence electrons. The standard InChI is InChI=1S/C15H30N2O/c1-6-10-17(7-2)14(18)12-8-9-13(16)11(3)15(12,4)5/h11-13H,6-10,16H2,1-5H3. The highest BCUT2D eigenvalue weighted by Gasteiger charge is 2.45. The van der Waals surface area contributed by atoms with E-state index in [1.807, 2.05) is 4.90 Å². The van der Waals surface area contributed by atoms with Gasteiger partial charge in [-0.3, -0.25) is 4.79 Å². The molecule has 0 radical (unpaired) electrons. The Morgan fingerprint density at radius 1 is 1.33 bits per heavy atom. The molecule has 0 aromatic carbocycles. The second-order valence-corrected chi connectivity index (χ2v) is 6.32. The average Bonchev–Trinajstić information content (AvgIpc) is 2.32. The highest BCUT2D eigenvalue weighted by molar-refractivity contribution is 5.79. The molecule has 18 heavy (non-hydrogen) atoms. The summed E-state index contributed by atoms with van der Waals surface area (Å²) in [6, 6.07) is 0.241. The van der Waals surface area contributed by atoms with Crippen molar-refractivity contribution in [2.24, 2.45) is 23.0 Å². The molecule has 1 amide bonds. The van der Waals surface area contributed by atoms with Gasteiger partial charge in [-0.1, -0.05) is 27.7 Å². The largest absolute Gasteiger partial charge is 0.343 e. The van der Waals surface area contributed by atoms with Gasteiger partial charge in [0.15, 0.2) is 0 Å². The molecule has 1 fully saturated rings. The summed E-state index contributed by atoms with van der Waals surface area (Å²) >= 11 is 0. The highest BCUT2D eigenvalue weighted by Crippen LogP contribution is 2.45. The van der Waals surface area contributed by atoms with Crippen LogP contribution in [0.5, 0.6) is 0 Å². The quantitative estimate of drug-likeness (QED) is 0.838. The van der Waals surface area contributed by atoms with Crippen LogP contribution < -0.4 is 5.73 Å². The molecular weight excluding hydrogens is 224 g/mol. The zero-order chi connectivity index (χ0) is 13.9. The molecule has 0 aromatic rings. The van der Waals surface area contributed by atoms with E-state index in [0.29, 0.717) is 11.8 Å². The van der Waals surface area contributed by atoms with Gasteiger partial charge in [0.25, 0.3) is 0 Å². The normalized spacial score (nSPS) is 31.1. The van der Waals surface area contributed by atoms with Crippen LogP contribution in [0, 0.1) is 17.3 Å². The van der Waals surface area contributed by atoms with E-state index >= 15 is 0 Å². The minimum absolute atomic E-state index is 0.00983. The van der Waals surface area contributed by atoms with E-state index in [0.717, 1.165) is 32.4 Å². The van der Waals surface area contributed by atoms with Crippen molar-refractivity contribution in [3.8, 4) is 0 Å². The van der Waals surface area contributed by atoms with Gasteiger partial charge < -0.3 is 10.6 Å². The van der Waals surface area contributed by atoms with Crippen molar-refractivity contribution < 1.29 is 4.79 Å². The fraction of sp³-hybridized carbons (Fsp3) is 0.933. The summed E-state index contributed by atoms with van der Waals surface area (Å²) in [5.74, 6) is 0.877. The lowest BCUT2D eigenvalue weighted by molar-refractivity contribution is -0.143. The van der Waals surface area contributed by atoms with Crippen LogP contribution in [0.2, 0.25) is 0 Å². The summed E-state index contributed by atoms with van der Waals surface area (Å²) in [5, 5.41) is 0. The number of nitrogens with zero attached hydrogens (tertiary/aromatic N) is 1. The third-order valence-corrected chi connectivity index (χ3v) is 4.99. The van der Waals surface area contributed by atoms with E-state index < -0.39 is 0 Å². The Labute approximate surface area is 112 Å². The number of amides is 1. The second kappa shape index (κ2) is 6.05. The third-order valence-electron chi connectivity index (χ3n) is 4.99. The van der Waals surface area contributed by atoms with E-state index in [2.05, 4.69) is 34.6 Å². The van der Waals surface area contributed by atoms with E-state index in [9.17, 15) is 4.79 Å². The van der Waals surface area contributed by atoms with Crippen molar-refractivity contribution in [1.29, 1.82) is 0 Å². The second-order valence-electron chi connectivity index (χ2n) is 6.32. The van der Waals surface area contributed by atoms with Crippen molar-refractivity contribution in [1.82, 2.24) is 4.90 Å². The molecule has 1 saturated carbocycles. The molecule has 3 atom stereocenters. The summed E-state index contributed by atoms with van der Waals surface area (Å²) in [4.78, 5) is 14.7. The molecule has 3 unspecified atom stereocenters. The Kier molecular flexibility index (Phi) is 5.20. The lowest BCUT2D eigenvalue weighted by Gasteiger charge is -2.47. The predicted molar refractivity (Wildman–Crippen MR) is 76.2 cm³/mol. The van der Waals surface area contributed by atoms with Crippen molar-refractivity contribution in [3.05, 3.63) is 0 Å². The van der Waals surface area contributed by atoms with Gasteiger partial charge in [0.2, 0.25) is 5.91 Å². The van der Waals surface area contributed by atoms with Crippen molar-refractivity contribution in [2.45, 2.75) is 59.9 Å². The van der Waals surface area contributed by atoms with Gasteiger partial charge in [0, 0.05) is 25.0 Å². The van der Waals surface area contributed by atoms with Gasteiger partial charge in [-0.25, -0.2) is 0 Å².